The van der Waals surface area contributed by atoms with Crippen molar-refractivity contribution in [2.24, 2.45) is 5.92 Å². The van der Waals surface area contributed by atoms with Crippen LogP contribution in [0.25, 0.3) is 0 Å². The van der Waals surface area contributed by atoms with Crippen LogP contribution in [0.5, 0.6) is 5.75 Å². The molecule has 114 valence electrons. The van der Waals surface area contributed by atoms with Crippen molar-refractivity contribution in [2.45, 2.75) is 40.3 Å². The van der Waals surface area contributed by atoms with Crippen molar-refractivity contribution < 1.29 is 10.2 Å². The fraction of sp³-hybridized carbons (Fsp3) is 0.500. The van der Waals surface area contributed by atoms with E-state index in [1.807, 2.05) is 0 Å². The van der Waals surface area contributed by atoms with Crippen LogP contribution < -0.4 is 5.32 Å². The summed E-state index contributed by atoms with van der Waals surface area (Å²) in [5.41, 5.74) is 1.80. The smallest absolute Gasteiger partial charge is 0.205 e. The molecule has 0 unspecified atom stereocenters. The number of anilines is 1. The predicted octanol–water partition coefficient (Wildman–Crippen LogP) is 2.25. The van der Waals surface area contributed by atoms with E-state index < -0.39 is 0 Å². The van der Waals surface area contributed by atoms with E-state index in [4.69, 9.17) is 0 Å². The van der Waals surface area contributed by atoms with Crippen molar-refractivity contribution in [3.8, 4) is 5.75 Å². The highest BCUT2D eigenvalue weighted by Crippen LogP contribution is 2.26. The zero-order chi connectivity index (χ0) is 15.4. The quantitative estimate of drug-likeness (QED) is 0.758. The first-order valence-electron chi connectivity index (χ1n) is 6.84. The van der Waals surface area contributed by atoms with Crippen LogP contribution in [0.2, 0.25) is 0 Å². The Morgan fingerprint density at radius 2 is 2.10 bits per heavy atom. The minimum absolute atomic E-state index is 0.112. The number of aliphatic hydroxyl groups excluding tert-OH is 1. The van der Waals surface area contributed by atoms with Crippen LogP contribution in [-0.2, 0) is 19.6 Å². The van der Waals surface area contributed by atoms with Crippen LogP contribution in [-0.4, -0.2) is 25.4 Å². The minimum Gasteiger partial charge on any atom is -0.506 e. The van der Waals surface area contributed by atoms with E-state index in [0.29, 0.717) is 34.4 Å². The Bertz CT molecular complexity index is 613. The van der Waals surface area contributed by atoms with E-state index in [-0.39, 0.29) is 12.4 Å². The number of hydrogen-bond donors (Lipinski definition) is 3. The van der Waals surface area contributed by atoms with Gasteiger partial charge < -0.3 is 15.5 Å². The van der Waals surface area contributed by atoms with Gasteiger partial charge in [-0.1, -0.05) is 25.2 Å². The standard InChI is InChI=1S/C14H20N4O2S/c1-8(2)4-12-17-18-14(21-12)16-6-11-10(7-19)5-15-9(3)13(11)20/h5,8,19-20H,4,6-7H2,1-3H3,(H,16,18). The largest absolute Gasteiger partial charge is 0.506 e. The van der Waals surface area contributed by atoms with Crippen LogP contribution in [0, 0.1) is 12.8 Å². The Morgan fingerprint density at radius 3 is 2.76 bits per heavy atom. The molecule has 0 atom stereocenters. The molecule has 0 saturated carbocycles. The number of aromatic hydroxyl groups is 1. The number of nitrogens with one attached hydrogen (secondary N) is 1. The first-order valence-corrected chi connectivity index (χ1v) is 7.66. The van der Waals surface area contributed by atoms with Gasteiger partial charge in [-0.05, 0) is 12.8 Å². The van der Waals surface area contributed by atoms with E-state index in [0.717, 1.165) is 11.4 Å². The summed E-state index contributed by atoms with van der Waals surface area (Å²) in [4.78, 5) is 4.04. The van der Waals surface area contributed by atoms with Crippen molar-refractivity contribution >= 4 is 16.5 Å². The highest BCUT2D eigenvalue weighted by Gasteiger charge is 2.12. The SMILES string of the molecule is Cc1ncc(CO)c(CNc2nnc(CC(C)C)s2)c1O. The lowest BCUT2D eigenvalue weighted by Crippen LogP contribution is -2.05. The van der Waals surface area contributed by atoms with Crippen molar-refractivity contribution in [1.82, 2.24) is 15.2 Å². The van der Waals surface area contributed by atoms with Gasteiger partial charge in [0, 0.05) is 30.3 Å². The van der Waals surface area contributed by atoms with Crippen molar-refractivity contribution in [2.75, 3.05) is 5.32 Å². The average Bonchev–Trinajstić information content (AvgIpc) is 2.87. The van der Waals surface area contributed by atoms with Crippen LogP contribution in [0.15, 0.2) is 6.20 Å². The Morgan fingerprint density at radius 1 is 1.33 bits per heavy atom. The summed E-state index contributed by atoms with van der Waals surface area (Å²) in [5.74, 6) is 0.652. The lowest BCUT2D eigenvalue weighted by Gasteiger charge is -2.11. The third kappa shape index (κ3) is 3.89. The molecule has 0 saturated heterocycles. The van der Waals surface area contributed by atoms with Gasteiger partial charge in [-0.2, -0.15) is 0 Å². The minimum atomic E-state index is -0.160. The van der Waals surface area contributed by atoms with E-state index in [1.165, 1.54) is 11.3 Å². The maximum atomic E-state index is 10.1. The van der Waals surface area contributed by atoms with Crippen molar-refractivity contribution in [3.05, 3.63) is 28.0 Å². The van der Waals surface area contributed by atoms with Gasteiger partial charge in [-0.3, -0.25) is 4.98 Å². The predicted molar refractivity (Wildman–Crippen MR) is 82.3 cm³/mol. The number of aromatic nitrogens is 3. The zero-order valence-corrected chi connectivity index (χ0v) is 13.2. The van der Waals surface area contributed by atoms with Crippen LogP contribution in [0.4, 0.5) is 5.13 Å². The third-order valence-electron chi connectivity index (χ3n) is 3.07. The monoisotopic (exact) mass is 308 g/mol. The van der Waals surface area contributed by atoms with E-state index in [1.54, 1.807) is 13.1 Å². The van der Waals surface area contributed by atoms with Gasteiger partial charge in [0.25, 0.3) is 0 Å². The maximum absolute atomic E-state index is 10.1. The topological polar surface area (TPSA) is 91.2 Å². The second-order valence-electron chi connectivity index (χ2n) is 5.31. The highest BCUT2D eigenvalue weighted by molar-refractivity contribution is 7.15. The summed E-state index contributed by atoms with van der Waals surface area (Å²) in [5, 5.41) is 32.5. The maximum Gasteiger partial charge on any atom is 0.205 e. The van der Waals surface area contributed by atoms with E-state index >= 15 is 0 Å². The molecule has 6 nitrogen and oxygen atoms in total. The van der Waals surface area contributed by atoms with Gasteiger partial charge in [0.1, 0.15) is 10.8 Å². The molecule has 0 fully saturated rings. The van der Waals surface area contributed by atoms with Gasteiger partial charge in [-0.25, -0.2) is 0 Å². The lowest BCUT2D eigenvalue weighted by molar-refractivity contribution is 0.279. The molecule has 3 N–H and O–H groups in total. The summed E-state index contributed by atoms with van der Waals surface area (Å²) in [6.45, 7) is 6.22. The molecule has 0 radical (unpaired) electrons. The summed E-state index contributed by atoms with van der Waals surface area (Å²) in [7, 11) is 0. The molecule has 2 heterocycles. The number of aliphatic hydroxyl groups is 1. The summed E-state index contributed by atoms with van der Waals surface area (Å²) < 4.78 is 0. The van der Waals surface area contributed by atoms with Gasteiger partial charge >= 0.3 is 0 Å². The summed E-state index contributed by atoms with van der Waals surface area (Å²) in [6, 6.07) is 0. The fourth-order valence-electron chi connectivity index (χ4n) is 1.94. The molecular formula is C14H20N4O2S. The molecule has 0 aromatic carbocycles. The molecule has 0 aliphatic carbocycles. The molecule has 2 aromatic heterocycles. The van der Waals surface area contributed by atoms with Gasteiger partial charge in [0.15, 0.2) is 0 Å². The van der Waals surface area contributed by atoms with E-state index in [9.17, 15) is 10.2 Å². The highest BCUT2D eigenvalue weighted by atomic mass is 32.1. The molecule has 2 aromatic rings. The fourth-order valence-corrected chi connectivity index (χ4v) is 2.89. The van der Waals surface area contributed by atoms with Crippen LogP contribution in [0.1, 0.15) is 35.7 Å². The Hall–Kier alpha value is -1.73. The molecule has 0 aliphatic rings. The van der Waals surface area contributed by atoms with Crippen LogP contribution in [0.3, 0.4) is 0 Å². The first kappa shape index (κ1) is 15.7. The lowest BCUT2D eigenvalue weighted by atomic mass is 10.1. The third-order valence-corrected chi connectivity index (χ3v) is 3.97. The molecule has 0 amide bonds. The second-order valence-corrected chi connectivity index (χ2v) is 6.37. The average molecular weight is 308 g/mol. The molecular weight excluding hydrogens is 288 g/mol. The normalized spacial score (nSPS) is 11.1. The van der Waals surface area contributed by atoms with Crippen molar-refractivity contribution in [3.63, 3.8) is 0 Å². The molecule has 0 bridgehead atoms. The van der Waals surface area contributed by atoms with Crippen molar-refractivity contribution in [1.29, 1.82) is 0 Å². The number of nitrogens with zero attached hydrogens (tertiary/aromatic N) is 3. The molecule has 7 heteroatoms. The van der Waals surface area contributed by atoms with Gasteiger partial charge in [0.05, 0.1) is 12.3 Å². The number of hydrogen-bond acceptors (Lipinski definition) is 7. The summed E-state index contributed by atoms with van der Waals surface area (Å²) >= 11 is 1.51. The zero-order valence-electron chi connectivity index (χ0n) is 12.4. The number of rotatable bonds is 6. The Labute approximate surface area is 127 Å². The van der Waals surface area contributed by atoms with Crippen LogP contribution >= 0.6 is 11.3 Å². The summed E-state index contributed by atoms with van der Waals surface area (Å²) in [6.07, 6.45) is 2.48. The Kier molecular flexibility index (Phi) is 5.08. The molecule has 21 heavy (non-hydrogen) atoms. The van der Waals surface area contributed by atoms with Gasteiger partial charge in [0.2, 0.25) is 5.13 Å². The number of aryl methyl sites for hydroxylation is 1. The molecule has 2 rings (SSSR count). The first-order chi connectivity index (χ1) is 10.0. The molecule has 0 spiro atoms. The Balaban J connectivity index is 2.09. The van der Waals surface area contributed by atoms with E-state index in [2.05, 4.69) is 34.3 Å². The number of pyridine rings is 1. The molecule has 0 aliphatic heterocycles. The second kappa shape index (κ2) is 6.82. The van der Waals surface area contributed by atoms with Gasteiger partial charge in [-0.15, -0.1) is 10.2 Å².